The van der Waals surface area contributed by atoms with Crippen LogP contribution < -0.4 is 5.32 Å². The van der Waals surface area contributed by atoms with Crippen molar-refractivity contribution in [1.29, 1.82) is 0 Å². The van der Waals surface area contributed by atoms with Gasteiger partial charge in [-0.15, -0.1) is 0 Å². The predicted molar refractivity (Wildman–Crippen MR) is 73.6 cm³/mol. The minimum Gasteiger partial charge on any atom is -0.308 e. The van der Waals surface area contributed by atoms with Gasteiger partial charge in [0.1, 0.15) is 5.82 Å². The van der Waals surface area contributed by atoms with Gasteiger partial charge in [0, 0.05) is 35.5 Å². The number of aromatic nitrogens is 1. The van der Waals surface area contributed by atoms with E-state index in [1.165, 1.54) is 6.07 Å². The molecular weight excluding hydrogens is 295 g/mol. The van der Waals surface area contributed by atoms with Gasteiger partial charge in [0.25, 0.3) is 0 Å². The first-order valence-corrected chi connectivity index (χ1v) is 6.49. The number of benzene rings is 1. The molecule has 0 bridgehead atoms. The highest BCUT2D eigenvalue weighted by atomic mass is 79.9. The summed E-state index contributed by atoms with van der Waals surface area (Å²) < 4.78 is 14.4. The molecule has 0 aliphatic rings. The second-order valence-corrected chi connectivity index (χ2v) is 5.13. The number of hydrogen-bond acceptors (Lipinski definition) is 2. The average Bonchev–Trinajstić information content (AvgIpc) is 2.34. The molecule has 4 heteroatoms. The fourth-order valence-corrected chi connectivity index (χ4v) is 2.14. The molecule has 94 valence electrons. The van der Waals surface area contributed by atoms with Gasteiger partial charge in [-0.1, -0.05) is 22.0 Å². The zero-order chi connectivity index (χ0) is 13.0. The molecule has 2 aromatic rings. The zero-order valence-corrected chi connectivity index (χ0v) is 11.7. The third-order valence-electron chi connectivity index (χ3n) is 2.58. The van der Waals surface area contributed by atoms with E-state index in [0.717, 1.165) is 15.6 Å². The molecule has 1 aromatic heterocycles. The lowest BCUT2D eigenvalue weighted by Gasteiger charge is -2.07. The van der Waals surface area contributed by atoms with Crippen LogP contribution in [0.1, 0.15) is 16.7 Å². The van der Waals surface area contributed by atoms with Crippen LogP contribution in [0.4, 0.5) is 4.39 Å². The van der Waals surface area contributed by atoms with Crippen LogP contribution in [0, 0.1) is 12.7 Å². The Labute approximate surface area is 114 Å². The summed E-state index contributed by atoms with van der Waals surface area (Å²) in [7, 11) is 0. The summed E-state index contributed by atoms with van der Waals surface area (Å²) in [6, 6.07) is 7.02. The largest absolute Gasteiger partial charge is 0.308 e. The Bertz CT molecular complexity index is 543. The molecule has 1 aromatic carbocycles. The Morgan fingerprint density at radius 3 is 2.83 bits per heavy atom. The average molecular weight is 309 g/mol. The van der Waals surface area contributed by atoms with Crippen LogP contribution in [0.2, 0.25) is 0 Å². The van der Waals surface area contributed by atoms with Crippen LogP contribution in [0.25, 0.3) is 0 Å². The second kappa shape index (κ2) is 6.07. The molecule has 0 fully saturated rings. The molecule has 0 spiro atoms. The van der Waals surface area contributed by atoms with E-state index in [9.17, 15) is 4.39 Å². The number of nitrogens with one attached hydrogen (secondary N) is 1. The zero-order valence-electron chi connectivity index (χ0n) is 10.1. The molecule has 0 aliphatic heterocycles. The van der Waals surface area contributed by atoms with E-state index in [0.29, 0.717) is 18.7 Å². The summed E-state index contributed by atoms with van der Waals surface area (Å²) in [5.74, 6) is -0.187. The van der Waals surface area contributed by atoms with Crippen LogP contribution in [0.3, 0.4) is 0 Å². The van der Waals surface area contributed by atoms with Crippen molar-refractivity contribution < 1.29 is 4.39 Å². The van der Waals surface area contributed by atoms with Crippen molar-refractivity contribution in [2.24, 2.45) is 0 Å². The van der Waals surface area contributed by atoms with Gasteiger partial charge in [-0.3, -0.25) is 4.98 Å². The Balaban J connectivity index is 1.94. The topological polar surface area (TPSA) is 24.9 Å². The quantitative estimate of drug-likeness (QED) is 0.934. The van der Waals surface area contributed by atoms with Gasteiger partial charge in [-0.05, 0) is 36.2 Å². The molecule has 0 aliphatic carbocycles. The molecule has 18 heavy (non-hydrogen) atoms. The van der Waals surface area contributed by atoms with Gasteiger partial charge in [-0.2, -0.15) is 0 Å². The van der Waals surface area contributed by atoms with Gasteiger partial charge in [-0.25, -0.2) is 4.39 Å². The molecule has 1 N–H and O–H groups in total. The Hall–Kier alpha value is -1.26. The van der Waals surface area contributed by atoms with E-state index >= 15 is 0 Å². The fourth-order valence-electron chi connectivity index (χ4n) is 1.73. The minimum atomic E-state index is -0.187. The van der Waals surface area contributed by atoms with Crippen molar-refractivity contribution in [3.05, 3.63) is 63.6 Å². The number of hydrogen-bond donors (Lipinski definition) is 1. The summed E-state index contributed by atoms with van der Waals surface area (Å²) in [5.41, 5.74) is 2.89. The first-order chi connectivity index (χ1) is 8.65. The molecule has 0 amide bonds. The molecule has 2 rings (SSSR count). The van der Waals surface area contributed by atoms with E-state index in [1.54, 1.807) is 12.1 Å². The molecular formula is C14H14BrFN2. The van der Waals surface area contributed by atoms with Gasteiger partial charge >= 0.3 is 0 Å². The molecule has 0 unspecified atom stereocenters. The third kappa shape index (κ3) is 3.62. The van der Waals surface area contributed by atoms with Crippen LogP contribution in [0.5, 0.6) is 0 Å². The monoisotopic (exact) mass is 308 g/mol. The van der Waals surface area contributed by atoms with Crippen molar-refractivity contribution in [2.75, 3.05) is 0 Å². The van der Waals surface area contributed by atoms with Crippen LogP contribution in [-0.4, -0.2) is 4.98 Å². The summed E-state index contributed by atoms with van der Waals surface area (Å²) in [5, 5.41) is 3.21. The summed E-state index contributed by atoms with van der Waals surface area (Å²) in [6.07, 6.45) is 3.63. The highest BCUT2D eigenvalue weighted by Crippen LogP contribution is 2.15. The Kier molecular flexibility index (Phi) is 4.44. The lowest BCUT2D eigenvalue weighted by Crippen LogP contribution is -2.14. The summed E-state index contributed by atoms with van der Waals surface area (Å²) in [6.45, 7) is 3.18. The standard InChI is InChI=1S/C14H14BrFN2/c1-10-4-11(7-17-6-10)8-18-9-12-5-13(15)2-3-14(12)16/h2-7,18H,8-9H2,1H3. The van der Waals surface area contributed by atoms with E-state index in [1.807, 2.05) is 19.3 Å². The Morgan fingerprint density at radius 1 is 1.22 bits per heavy atom. The third-order valence-corrected chi connectivity index (χ3v) is 3.08. The first-order valence-electron chi connectivity index (χ1n) is 5.70. The Morgan fingerprint density at radius 2 is 2.06 bits per heavy atom. The molecule has 0 saturated carbocycles. The maximum atomic E-state index is 13.5. The van der Waals surface area contributed by atoms with Gasteiger partial charge in [0.15, 0.2) is 0 Å². The van der Waals surface area contributed by atoms with Crippen LogP contribution in [-0.2, 0) is 13.1 Å². The molecule has 0 radical (unpaired) electrons. The smallest absolute Gasteiger partial charge is 0.127 e. The maximum Gasteiger partial charge on any atom is 0.127 e. The van der Waals surface area contributed by atoms with Crippen LogP contribution in [0.15, 0.2) is 41.1 Å². The SMILES string of the molecule is Cc1cncc(CNCc2cc(Br)ccc2F)c1. The van der Waals surface area contributed by atoms with Crippen molar-refractivity contribution in [1.82, 2.24) is 10.3 Å². The lowest BCUT2D eigenvalue weighted by molar-refractivity contribution is 0.587. The number of nitrogens with zero attached hydrogens (tertiary/aromatic N) is 1. The normalized spacial score (nSPS) is 10.6. The second-order valence-electron chi connectivity index (χ2n) is 4.21. The summed E-state index contributed by atoms with van der Waals surface area (Å²) in [4.78, 5) is 4.12. The van der Waals surface area contributed by atoms with E-state index < -0.39 is 0 Å². The maximum absolute atomic E-state index is 13.5. The van der Waals surface area contributed by atoms with E-state index in [4.69, 9.17) is 0 Å². The number of halogens is 2. The van der Waals surface area contributed by atoms with Gasteiger partial charge in [0.05, 0.1) is 0 Å². The van der Waals surface area contributed by atoms with Gasteiger partial charge in [0.2, 0.25) is 0 Å². The highest BCUT2D eigenvalue weighted by Gasteiger charge is 2.02. The van der Waals surface area contributed by atoms with Crippen molar-refractivity contribution in [3.8, 4) is 0 Å². The molecule has 0 atom stereocenters. The van der Waals surface area contributed by atoms with Crippen LogP contribution >= 0.6 is 15.9 Å². The predicted octanol–water partition coefficient (Wildman–Crippen LogP) is 3.58. The lowest BCUT2D eigenvalue weighted by atomic mass is 10.2. The van der Waals surface area contributed by atoms with Crippen molar-refractivity contribution in [2.45, 2.75) is 20.0 Å². The van der Waals surface area contributed by atoms with Crippen molar-refractivity contribution >= 4 is 15.9 Å². The number of aryl methyl sites for hydroxylation is 1. The van der Waals surface area contributed by atoms with Gasteiger partial charge < -0.3 is 5.32 Å². The highest BCUT2D eigenvalue weighted by molar-refractivity contribution is 9.10. The summed E-state index contributed by atoms with van der Waals surface area (Å²) >= 11 is 3.34. The molecule has 1 heterocycles. The molecule has 2 nitrogen and oxygen atoms in total. The minimum absolute atomic E-state index is 0.187. The number of pyridine rings is 1. The van der Waals surface area contributed by atoms with Crippen molar-refractivity contribution in [3.63, 3.8) is 0 Å². The first kappa shape index (κ1) is 13.2. The van der Waals surface area contributed by atoms with E-state index in [2.05, 4.69) is 32.3 Å². The molecule has 0 saturated heterocycles. The fraction of sp³-hybridized carbons (Fsp3) is 0.214. The van der Waals surface area contributed by atoms with E-state index in [-0.39, 0.29) is 5.82 Å². The number of rotatable bonds is 4.